The molecule has 3 aromatic carbocycles. The third kappa shape index (κ3) is 5.57. The molecule has 0 atom stereocenters. The van der Waals surface area contributed by atoms with Gasteiger partial charge < -0.3 is 14.8 Å². The van der Waals surface area contributed by atoms with Crippen LogP contribution in [0.15, 0.2) is 74.5 Å². The van der Waals surface area contributed by atoms with Gasteiger partial charge in [0.25, 0.3) is 15.9 Å². The summed E-state index contributed by atoms with van der Waals surface area (Å²) in [6.45, 7) is 0. The lowest BCUT2D eigenvalue weighted by atomic mass is 10.1. The fourth-order valence-corrected chi connectivity index (χ4v) is 4.43. The summed E-state index contributed by atoms with van der Waals surface area (Å²) in [7, 11) is -1.13. The Balaban J connectivity index is 1.92. The lowest BCUT2D eigenvalue weighted by Gasteiger charge is -2.15. The summed E-state index contributed by atoms with van der Waals surface area (Å²) in [6, 6.07) is 16.0. The predicted molar refractivity (Wildman–Crippen MR) is 127 cm³/mol. The van der Waals surface area contributed by atoms with Crippen LogP contribution < -0.4 is 19.5 Å². The van der Waals surface area contributed by atoms with Crippen LogP contribution in [-0.2, 0) is 10.0 Å². The van der Waals surface area contributed by atoms with Crippen molar-refractivity contribution in [3.05, 3.63) is 75.2 Å². The van der Waals surface area contributed by atoms with Gasteiger partial charge in [0.2, 0.25) is 0 Å². The van der Waals surface area contributed by atoms with Crippen LogP contribution in [-0.4, -0.2) is 28.5 Å². The van der Waals surface area contributed by atoms with Crippen LogP contribution in [0.4, 0.5) is 11.4 Å². The molecular weight excluding hydrogens is 552 g/mol. The lowest BCUT2D eigenvalue weighted by Crippen LogP contribution is -2.19. The molecule has 0 saturated carbocycles. The number of methoxy groups -OCH3 is 2. The number of ether oxygens (including phenoxy) is 2. The Morgan fingerprint density at radius 1 is 0.839 bits per heavy atom. The van der Waals surface area contributed by atoms with Crippen molar-refractivity contribution in [2.75, 3.05) is 24.3 Å². The summed E-state index contributed by atoms with van der Waals surface area (Å²) in [5.74, 6) is 0.211. The highest BCUT2D eigenvalue weighted by molar-refractivity contribution is 9.10. The molecule has 10 heteroatoms. The van der Waals surface area contributed by atoms with Crippen LogP contribution in [0.2, 0.25) is 0 Å². The van der Waals surface area contributed by atoms with Gasteiger partial charge in [-0.2, -0.15) is 0 Å². The molecule has 0 heterocycles. The highest BCUT2D eigenvalue weighted by Gasteiger charge is 2.21. The number of rotatable bonds is 7. The number of anilines is 2. The zero-order chi connectivity index (χ0) is 22.6. The quantitative estimate of drug-likeness (QED) is 0.403. The second-order valence-corrected chi connectivity index (χ2v) is 9.79. The largest absolute Gasteiger partial charge is 0.493 e. The van der Waals surface area contributed by atoms with Crippen molar-refractivity contribution in [3.8, 4) is 11.5 Å². The van der Waals surface area contributed by atoms with E-state index in [1.807, 2.05) is 0 Å². The fourth-order valence-electron chi connectivity index (χ4n) is 2.71. The molecule has 162 valence electrons. The van der Waals surface area contributed by atoms with E-state index in [0.717, 1.165) is 4.47 Å². The van der Waals surface area contributed by atoms with Gasteiger partial charge in [-0.1, -0.05) is 31.9 Å². The van der Waals surface area contributed by atoms with E-state index in [1.54, 1.807) is 36.4 Å². The van der Waals surface area contributed by atoms with E-state index in [1.165, 1.54) is 38.5 Å². The van der Waals surface area contributed by atoms with Crippen molar-refractivity contribution in [3.63, 3.8) is 0 Å². The van der Waals surface area contributed by atoms with Crippen LogP contribution in [0.25, 0.3) is 0 Å². The van der Waals surface area contributed by atoms with E-state index in [4.69, 9.17) is 9.47 Å². The summed E-state index contributed by atoms with van der Waals surface area (Å²) < 4.78 is 40.3. The second-order valence-electron chi connectivity index (χ2n) is 6.27. The Kier molecular flexibility index (Phi) is 7.24. The summed E-state index contributed by atoms with van der Waals surface area (Å²) in [5.41, 5.74) is 0.857. The van der Waals surface area contributed by atoms with E-state index in [9.17, 15) is 13.2 Å². The van der Waals surface area contributed by atoms with Crippen molar-refractivity contribution in [2.24, 2.45) is 0 Å². The molecule has 0 saturated heterocycles. The van der Waals surface area contributed by atoms with Crippen molar-refractivity contribution in [1.82, 2.24) is 0 Å². The first-order valence-corrected chi connectivity index (χ1v) is 11.9. The molecule has 0 aliphatic rings. The number of sulfonamides is 1. The molecule has 31 heavy (non-hydrogen) atoms. The second kappa shape index (κ2) is 9.71. The maximum Gasteiger partial charge on any atom is 0.262 e. The Labute approximate surface area is 197 Å². The molecular formula is C21H18Br2N2O5S. The Hall–Kier alpha value is -2.56. The third-order valence-corrected chi connectivity index (χ3v) is 6.62. The average molecular weight is 570 g/mol. The number of amides is 1. The van der Waals surface area contributed by atoms with E-state index in [2.05, 4.69) is 41.9 Å². The van der Waals surface area contributed by atoms with E-state index >= 15 is 0 Å². The highest BCUT2D eigenvalue weighted by Crippen LogP contribution is 2.31. The van der Waals surface area contributed by atoms with Crippen LogP contribution in [0.5, 0.6) is 11.5 Å². The van der Waals surface area contributed by atoms with Crippen molar-refractivity contribution >= 4 is 59.2 Å². The number of carbonyl (C=O) groups excluding carboxylic acids is 1. The van der Waals surface area contributed by atoms with Gasteiger partial charge in [0.15, 0.2) is 11.5 Å². The Morgan fingerprint density at radius 3 is 2.13 bits per heavy atom. The van der Waals surface area contributed by atoms with Gasteiger partial charge in [0.05, 0.1) is 30.4 Å². The molecule has 7 nitrogen and oxygen atoms in total. The molecule has 0 aliphatic carbocycles. The number of nitrogens with one attached hydrogen (secondary N) is 2. The molecule has 0 spiro atoms. The summed E-state index contributed by atoms with van der Waals surface area (Å²) in [5, 5.41) is 2.76. The summed E-state index contributed by atoms with van der Waals surface area (Å²) in [4.78, 5) is 12.8. The minimum absolute atomic E-state index is 0.0349. The number of halogens is 2. The number of hydrogen-bond acceptors (Lipinski definition) is 5. The normalized spacial score (nSPS) is 11.0. The molecule has 0 bridgehead atoms. The fraction of sp³-hybridized carbons (Fsp3) is 0.0952. The summed E-state index contributed by atoms with van der Waals surface area (Å²) in [6.07, 6.45) is 0. The molecule has 0 aromatic heterocycles. The molecule has 0 fully saturated rings. The average Bonchev–Trinajstić information content (AvgIpc) is 2.75. The third-order valence-electron chi connectivity index (χ3n) is 4.24. The number of benzene rings is 3. The van der Waals surface area contributed by atoms with Crippen LogP contribution in [0, 0.1) is 0 Å². The minimum Gasteiger partial charge on any atom is -0.493 e. The molecule has 1 amide bonds. The maximum atomic E-state index is 13.0. The van der Waals surface area contributed by atoms with Gasteiger partial charge in [-0.25, -0.2) is 8.42 Å². The first-order valence-electron chi connectivity index (χ1n) is 8.85. The van der Waals surface area contributed by atoms with Gasteiger partial charge in [0.1, 0.15) is 0 Å². The molecule has 0 aliphatic heterocycles. The number of hydrogen-bond donors (Lipinski definition) is 2. The van der Waals surface area contributed by atoms with Crippen molar-refractivity contribution in [2.45, 2.75) is 4.90 Å². The molecule has 0 radical (unpaired) electrons. The van der Waals surface area contributed by atoms with Gasteiger partial charge in [-0.15, -0.1) is 0 Å². The Morgan fingerprint density at radius 2 is 1.48 bits per heavy atom. The zero-order valence-electron chi connectivity index (χ0n) is 16.5. The van der Waals surface area contributed by atoms with Gasteiger partial charge in [-0.3, -0.25) is 9.52 Å². The van der Waals surface area contributed by atoms with Crippen molar-refractivity contribution in [1.29, 1.82) is 0 Å². The maximum absolute atomic E-state index is 13.0. The monoisotopic (exact) mass is 568 g/mol. The molecule has 2 N–H and O–H groups in total. The molecule has 0 unspecified atom stereocenters. The van der Waals surface area contributed by atoms with Crippen LogP contribution >= 0.6 is 31.9 Å². The van der Waals surface area contributed by atoms with Crippen molar-refractivity contribution < 1.29 is 22.7 Å². The van der Waals surface area contributed by atoms with Gasteiger partial charge >= 0.3 is 0 Å². The predicted octanol–water partition coefficient (Wildman–Crippen LogP) is 5.28. The van der Waals surface area contributed by atoms with Gasteiger partial charge in [0, 0.05) is 20.7 Å². The smallest absolute Gasteiger partial charge is 0.262 e. The van der Waals surface area contributed by atoms with E-state index in [-0.39, 0.29) is 21.9 Å². The zero-order valence-corrected chi connectivity index (χ0v) is 20.5. The standard InChI is InChI=1S/C21H18Br2N2O5S/c1-29-19-10-8-16(12-20(19)30-2)31(27,28)25-18-9-5-14(23)11-17(18)21(26)24-15-6-3-13(22)4-7-15/h3-12,25H,1-2H3,(H,24,26). The van der Waals surface area contributed by atoms with Crippen LogP contribution in [0.3, 0.4) is 0 Å². The van der Waals surface area contributed by atoms with E-state index < -0.39 is 15.9 Å². The van der Waals surface area contributed by atoms with E-state index in [0.29, 0.717) is 15.9 Å². The number of carbonyl (C=O) groups is 1. The minimum atomic E-state index is -4.01. The van der Waals surface area contributed by atoms with Gasteiger partial charge in [-0.05, 0) is 54.6 Å². The first-order chi connectivity index (χ1) is 14.7. The SMILES string of the molecule is COc1ccc(S(=O)(=O)Nc2ccc(Br)cc2C(=O)Nc2ccc(Br)cc2)cc1OC. The Bertz CT molecular complexity index is 1210. The molecule has 3 rings (SSSR count). The first kappa shape index (κ1) is 23.1. The highest BCUT2D eigenvalue weighted by atomic mass is 79.9. The lowest BCUT2D eigenvalue weighted by molar-refractivity contribution is 0.102. The summed E-state index contributed by atoms with van der Waals surface area (Å²) >= 11 is 6.66. The van der Waals surface area contributed by atoms with Crippen LogP contribution in [0.1, 0.15) is 10.4 Å². The topological polar surface area (TPSA) is 93.7 Å². The molecule has 3 aromatic rings.